The molecule has 0 atom stereocenters. The maximum Gasteiger partial charge on any atom is 0.101 e. The minimum atomic E-state index is 0.555. The molecule has 2 heterocycles. The fourth-order valence-electron chi connectivity index (χ4n) is 1.82. The molecule has 0 aliphatic rings. The number of fused-ring (bicyclic) bond motifs is 1. The Labute approximate surface area is 104 Å². The van der Waals surface area contributed by atoms with E-state index in [4.69, 9.17) is 5.26 Å². The van der Waals surface area contributed by atoms with E-state index in [1.54, 1.807) is 12.3 Å². The quantitative estimate of drug-likeness (QED) is 0.646. The van der Waals surface area contributed by atoms with Crippen LogP contribution in [0.15, 0.2) is 54.7 Å². The van der Waals surface area contributed by atoms with Crippen LogP contribution in [0.4, 0.5) is 0 Å². The lowest BCUT2D eigenvalue weighted by molar-refractivity contribution is 1.26. The molecule has 0 amide bonds. The van der Waals surface area contributed by atoms with Crippen LogP contribution >= 0.6 is 0 Å². The molecule has 3 aromatic rings. The molecule has 3 rings (SSSR count). The molecule has 0 spiro atoms. The van der Waals surface area contributed by atoms with Crippen LogP contribution in [0.3, 0.4) is 0 Å². The number of hydrogen-bond donors (Lipinski definition) is 0. The highest BCUT2D eigenvalue weighted by atomic mass is 14.8. The summed E-state index contributed by atoms with van der Waals surface area (Å²) in [5.41, 5.74) is 3.10. The van der Waals surface area contributed by atoms with E-state index >= 15 is 0 Å². The number of rotatable bonds is 1. The summed E-state index contributed by atoms with van der Waals surface area (Å²) in [5, 5.41) is 9.84. The highest BCUT2D eigenvalue weighted by molar-refractivity contribution is 5.80. The van der Waals surface area contributed by atoms with Gasteiger partial charge in [0.05, 0.1) is 22.5 Å². The predicted octanol–water partition coefficient (Wildman–Crippen LogP) is 3.17. The number of para-hydroxylation sites is 1. The molecule has 0 aliphatic heterocycles. The van der Waals surface area contributed by atoms with Gasteiger partial charge in [-0.25, -0.2) is 4.98 Å². The lowest BCUT2D eigenvalue weighted by Crippen LogP contribution is -1.88. The van der Waals surface area contributed by atoms with Crippen LogP contribution in [0.5, 0.6) is 0 Å². The third-order valence-corrected chi connectivity index (χ3v) is 2.75. The zero-order valence-corrected chi connectivity index (χ0v) is 9.54. The van der Waals surface area contributed by atoms with Crippen molar-refractivity contribution in [3.8, 4) is 17.5 Å². The minimum absolute atomic E-state index is 0.555. The van der Waals surface area contributed by atoms with Crippen molar-refractivity contribution >= 4 is 10.9 Å². The maximum atomic E-state index is 8.73. The number of nitrogens with zero attached hydrogens (tertiary/aromatic N) is 3. The Kier molecular flexibility index (Phi) is 2.47. The van der Waals surface area contributed by atoms with Gasteiger partial charge in [-0.05, 0) is 24.3 Å². The highest BCUT2D eigenvalue weighted by Gasteiger charge is 2.02. The Morgan fingerprint density at radius 3 is 2.50 bits per heavy atom. The molecule has 0 saturated heterocycles. The van der Waals surface area contributed by atoms with Gasteiger partial charge < -0.3 is 0 Å². The van der Waals surface area contributed by atoms with Crippen molar-refractivity contribution in [3.05, 3.63) is 60.3 Å². The van der Waals surface area contributed by atoms with Crippen molar-refractivity contribution in [2.24, 2.45) is 0 Å². The molecule has 3 heteroatoms. The second-order valence-corrected chi connectivity index (χ2v) is 3.93. The molecule has 2 aromatic heterocycles. The summed E-state index contributed by atoms with van der Waals surface area (Å²) in [6, 6.07) is 17.5. The zero-order chi connectivity index (χ0) is 12.4. The van der Waals surface area contributed by atoms with Crippen molar-refractivity contribution in [1.29, 1.82) is 5.26 Å². The van der Waals surface area contributed by atoms with E-state index in [9.17, 15) is 0 Å². The van der Waals surface area contributed by atoms with Gasteiger partial charge in [-0.1, -0.05) is 24.3 Å². The summed E-state index contributed by atoms with van der Waals surface area (Å²) >= 11 is 0. The Morgan fingerprint density at radius 1 is 0.889 bits per heavy atom. The summed E-state index contributed by atoms with van der Waals surface area (Å²) in [7, 11) is 0. The van der Waals surface area contributed by atoms with Crippen LogP contribution in [0.1, 0.15) is 5.56 Å². The largest absolute Gasteiger partial charge is 0.253 e. The molecule has 84 valence electrons. The molecule has 0 saturated carbocycles. The van der Waals surface area contributed by atoms with Crippen molar-refractivity contribution in [3.63, 3.8) is 0 Å². The lowest BCUT2D eigenvalue weighted by Gasteiger charge is -2.02. The van der Waals surface area contributed by atoms with Crippen molar-refractivity contribution < 1.29 is 0 Å². The van der Waals surface area contributed by atoms with E-state index in [0.717, 1.165) is 22.3 Å². The van der Waals surface area contributed by atoms with E-state index in [1.165, 1.54) is 0 Å². The Morgan fingerprint density at radius 2 is 1.72 bits per heavy atom. The van der Waals surface area contributed by atoms with Crippen molar-refractivity contribution in [2.75, 3.05) is 0 Å². The normalized spacial score (nSPS) is 10.2. The first-order valence-electron chi connectivity index (χ1n) is 5.59. The molecule has 0 radical (unpaired) electrons. The molecular formula is C15H9N3. The van der Waals surface area contributed by atoms with Gasteiger partial charge in [-0.2, -0.15) is 5.26 Å². The molecule has 1 aromatic carbocycles. The predicted molar refractivity (Wildman–Crippen MR) is 69.7 cm³/mol. The number of hydrogen-bond acceptors (Lipinski definition) is 3. The monoisotopic (exact) mass is 231 g/mol. The first kappa shape index (κ1) is 10.4. The van der Waals surface area contributed by atoms with Gasteiger partial charge in [0.15, 0.2) is 0 Å². The van der Waals surface area contributed by atoms with Gasteiger partial charge >= 0.3 is 0 Å². The number of pyridine rings is 2. The summed E-state index contributed by atoms with van der Waals surface area (Å²) < 4.78 is 0. The van der Waals surface area contributed by atoms with Crippen LogP contribution in [0.25, 0.3) is 22.3 Å². The molecule has 0 N–H and O–H groups in total. The molecule has 0 aliphatic carbocycles. The van der Waals surface area contributed by atoms with Crippen LogP contribution < -0.4 is 0 Å². The molecular weight excluding hydrogens is 222 g/mol. The second kappa shape index (κ2) is 4.27. The zero-order valence-electron chi connectivity index (χ0n) is 9.54. The van der Waals surface area contributed by atoms with Gasteiger partial charge in [0.25, 0.3) is 0 Å². The Bertz CT molecular complexity index is 740. The summed E-state index contributed by atoms with van der Waals surface area (Å²) in [5.74, 6) is 0. The van der Waals surface area contributed by atoms with Gasteiger partial charge in [0.2, 0.25) is 0 Å². The van der Waals surface area contributed by atoms with Gasteiger partial charge in [0.1, 0.15) is 6.07 Å². The Balaban J connectivity index is 2.10. The van der Waals surface area contributed by atoms with E-state index in [0.29, 0.717) is 5.56 Å². The number of benzene rings is 1. The van der Waals surface area contributed by atoms with Crippen LogP contribution in [0.2, 0.25) is 0 Å². The average Bonchev–Trinajstić information content (AvgIpc) is 2.47. The van der Waals surface area contributed by atoms with E-state index in [2.05, 4.69) is 16.0 Å². The topological polar surface area (TPSA) is 49.6 Å². The fraction of sp³-hybridized carbons (Fsp3) is 0. The van der Waals surface area contributed by atoms with E-state index in [1.807, 2.05) is 42.5 Å². The number of nitriles is 1. The molecule has 0 fully saturated rings. The first-order chi connectivity index (χ1) is 8.86. The SMILES string of the molecule is N#Cc1ccc(-c2ccc3ccccc3n2)nc1. The van der Waals surface area contributed by atoms with Crippen LogP contribution in [0, 0.1) is 11.3 Å². The Hall–Kier alpha value is -2.73. The summed E-state index contributed by atoms with van der Waals surface area (Å²) in [4.78, 5) is 8.80. The van der Waals surface area contributed by atoms with Gasteiger partial charge in [-0.15, -0.1) is 0 Å². The highest BCUT2D eigenvalue weighted by Crippen LogP contribution is 2.19. The van der Waals surface area contributed by atoms with Crippen LogP contribution in [-0.4, -0.2) is 9.97 Å². The third kappa shape index (κ3) is 1.80. The molecule has 0 bridgehead atoms. The van der Waals surface area contributed by atoms with Crippen molar-refractivity contribution in [2.45, 2.75) is 0 Å². The molecule has 3 nitrogen and oxygen atoms in total. The van der Waals surface area contributed by atoms with Gasteiger partial charge in [0, 0.05) is 11.6 Å². The standard InChI is InChI=1S/C15H9N3/c16-9-11-5-7-14(17-10-11)15-8-6-12-3-1-2-4-13(12)18-15/h1-8,10H. The third-order valence-electron chi connectivity index (χ3n) is 2.75. The number of aromatic nitrogens is 2. The lowest BCUT2D eigenvalue weighted by atomic mass is 10.1. The van der Waals surface area contributed by atoms with E-state index in [-0.39, 0.29) is 0 Å². The molecule has 0 unspecified atom stereocenters. The summed E-state index contributed by atoms with van der Waals surface area (Å²) in [6.45, 7) is 0. The second-order valence-electron chi connectivity index (χ2n) is 3.93. The maximum absolute atomic E-state index is 8.73. The fourth-order valence-corrected chi connectivity index (χ4v) is 1.82. The van der Waals surface area contributed by atoms with Crippen LogP contribution in [-0.2, 0) is 0 Å². The smallest absolute Gasteiger partial charge is 0.101 e. The summed E-state index contributed by atoms with van der Waals surface area (Å²) in [6.07, 6.45) is 1.56. The average molecular weight is 231 g/mol. The van der Waals surface area contributed by atoms with Gasteiger partial charge in [-0.3, -0.25) is 4.98 Å². The van der Waals surface area contributed by atoms with E-state index < -0.39 is 0 Å². The van der Waals surface area contributed by atoms with Crippen molar-refractivity contribution in [1.82, 2.24) is 9.97 Å². The first-order valence-corrected chi connectivity index (χ1v) is 5.59. The minimum Gasteiger partial charge on any atom is -0.253 e. The molecule has 18 heavy (non-hydrogen) atoms.